The second-order valence-electron chi connectivity index (χ2n) is 2.93. The molecule has 1 aliphatic heterocycles. The van der Waals surface area contributed by atoms with Gasteiger partial charge in [-0.3, -0.25) is 0 Å². The summed E-state index contributed by atoms with van der Waals surface area (Å²) >= 11 is 0. The average molecular weight is 146 g/mol. The number of hydrogen-bond acceptors (Lipinski definition) is 3. The van der Waals surface area contributed by atoms with Crippen molar-refractivity contribution in [1.82, 2.24) is 0 Å². The molecule has 1 rings (SSSR count). The average Bonchev–Trinajstić information content (AvgIpc) is 2.46. The highest BCUT2D eigenvalue weighted by atomic mass is 16.6. The number of aliphatic hydroxyl groups excluding tert-OH is 2. The molecule has 0 aromatic rings. The zero-order valence-corrected chi connectivity index (χ0v) is 6.16. The van der Waals surface area contributed by atoms with E-state index in [-0.39, 0.29) is 6.10 Å². The normalized spacial score (nSPS) is 29.7. The molecule has 1 saturated heterocycles. The number of aliphatic hydroxyl groups is 2. The van der Waals surface area contributed by atoms with Gasteiger partial charge in [0.25, 0.3) is 0 Å². The Morgan fingerprint density at radius 2 is 2.20 bits per heavy atom. The molecule has 2 N–H and O–H groups in total. The highest BCUT2D eigenvalue weighted by Crippen LogP contribution is 2.17. The van der Waals surface area contributed by atoms with Crippen molar-refractivity contribution in [3.05, 3.63) is 0 Å². The molecular formula is C7H14O3. The van der Waals surface area contributed by atoms with E-state index in [1.165, 1.54) is 0 Å². The Labute approximate surface area is 60.6 Å². The summed E-state index contributed by atoms with van der Waals surface area (Å²) in [5, 5.41) is 18.0. The minimum atomic E-state index is -0.409. The highest BCUT2D eigenvalue weighted by molar-refractivity contribution is 4.74. The van der Waals surface area contributed by atoms with Crippen molar-refractivity contribution in [3.8, 4) is 0 Å². The first-order chi connectivity index (χ1) is 4.68. The van der Waals surface area contributed by atoms with Crippen molar-refractivity contribution in [2.75, 3.05) is 6.61 Å². The van der Waals surface area contributed by atoms with E-state index in [1.807, 2.05) is 0 Å². The topological polar surface area (TPSA) is 53.0 Å². The van der Waals surface area contributed by atoms with Crippen molar-refractivity contribution in [2.24, 2.45) is 0 Å². The van der Waals surface area contributed by atoms with Crippen LogP contribution < -0.4 is 0 Å². The van der Waals surface area contributed by atoms with Crippen LogP contribution in [0.25, 0.3) is 0 Å². The van der Waals surface area contributed by atoms with E-state index in [2.05, 4.69) is 0 Å². The summed E-state index contributed by atoms with van der Waals surface area (Å²) in [5.74, 6) is 0. The van der Waals surface area contributed by atoms with Crippen LogP contribution in [0.3, 0.4) is 0 Å². The molecule has 0 aromatic carbocycles. The van der Waals surface area contributed by atoms with Crippen molar-refractivity contribution < 1.29 is 14.9 Å². The van der Waals surface area contributed by atoms with Gasteiger partial charge in [-0.05, 0) is 13.3 Å². The summed E-state index contributed by atoms with van der Waals surface area (Å²) in [6.45, 7) is 2.45. The van der Waals surface area contributed by atoms with E-state index in [1.54, 1.807) is 6.92 Å². The Morgan fingerprint density at radius 1 is 1.60 bits per heavy atom. The maximum Gasteiger partial charge on any atom is 0.0834 e. The third-order valence-corrected chi connectivity index (χ3v) is 1.55. The van der Waals surface area contributed by atoms with Gasteiger partial charge in [0.2, 0.25) is 0 Å². The van der Waals surface area contributed by atoms with E-state index in [4.69, 9.17) is 9.84 Å². The van der Waals surface area contributed by atoms with Gasteiger partial charge >= 0.3 is 0 Å². The third kappa shape index (κ3) is 3.15. The van der Waals surface area contributed by atoms with E-state index < -0.39 is 12.2 Å². The fourth-order valence-corrected chi connectivity index (χ4v) is 0.998. The van der Waals surface area contributed by atoms with E-state index in [9.17, 15) is 5.11 Å². The van der Waals surface area contributed by atoms with Crippen LogP contribution in [0.5, 0.6) is 0 Å². The minimum Gasteiger partial charge on any atom is -0.393 e. The van der Waals surface area contributed by atoms with Crippen molar-refractivity contribution in [3.63, 3.8) is 0 Å². The molecule has 3 unspecified atom stereocenters. The van der Waals surface area contributed by atoms with E-state index >= 15 is 0 Å². The standard InChI is InChI=1S/C7H14O3/c1-5(8)2-6(9)3-7-4-10-7/h5-9H,2-4H2,1H3. The molecule has 1 heterocycles. The predicted molar refractivity (Wildman–Crippen MR) is 36.7 cm³/mol. The molecule has 1 fully saturated rings. The fraction of sp³-hybridized carbons (Fsp3) is 1.00. The lowest BCUT2D eigenvalue weighted by atomic mass is 10.1. The van der Waals surface area contributed by atoms with E-state index in [0.29, 0.717) is 12.8 Å². The maximum absolute atomic E-state index is 9.19. The molecule has 3 nitrogen and oxygen atoms in total. The summed E-state index contributed by atoms with van der Waals surface area (Å²) in [5.41, 5.74) is 0. The van der Waals surface area contributed by atoms with Gasteiger partial charge < -0.3 is 14.9 Å². The Kier molecular flexibility index (Phi) is 2.65. The van der Waals surface area contributed by atoms with Crippen LogP contribution in [-0.2, 0) is 4.74 Å². The monoisotopic (exact) mass is 146 g/mol. The van der Waals surface area contributed by atoms with Gasteiger partial charge in [0, 0.05) is 6.42 Å². The number of ether oxygens (including phenoxy) is 1. The molecule has 0 saturated carbocycles. The first-order valence-electron chi connectivity index (χ1n) is 3.66. The summed E-state index contributed by atoms with van der Waals surface area (Å²) in [4.78, 5) is 0. The number of hydrogen-bond donors (Lipinski definition) is 2. The molecule has 60 valence electrons. The molecule has 0 spiro atoms. The Bertz CT molecular complexity index is 95.0. The van der Waals surface area contributed by atoms with Crippen molar-refractivity contribution in [1.29, 1.82) is 0 Å². The molecule has 10 heavy (non-hydrogen) atoms. The van der Waals surface area contributed by atoms with E-state index in [0.717, 1.165) is 6.61 Å². The summed E-state index contributed by atoms with van der Waals surface area (Å²) in [7, 11) is 0. The van der Waals surface area contributed by atoms with Gasteiger partial charge in [-0.15, -0.1) is 0 Å². The van der Waals surface area contributed by atoms with Crippen LogP contribution in [0.15, 0.2) is 0 Å². The van der Waals surface area contributed by atoms with Gasteiger partial charge in [0.05, 0.1) is 24.9 Å². The molecule has 3 heteroatoms. The summed E-state index contributed by atoms with van der Waals surface area (Å²) < 4.78 is 4.92. The van der Waals surface area contributed by atoms with Gasteiger partial charge in [-0.25, -0.2) is 0 Å². The van der Waals surface area contributed by atoms with Gasteiger partial charge in [-0.2, -0.15) is 0 Å². The SMILES string of the molecule is CC(O)CC(O)CC1CO1. The lowest BCUT2D eigenvalue weighted by molar-refractivity contribution is 0.0798. The quantitative estimate of drug-likeness (QED) is 0.545. The van der Waals surface area contributed by atoms with Crippen LogP contribution in [0.2, 0.25) is 0 Å². The zero-order valence-electron chi connectivity index (χ0n) is 6.16. The number of epoxide rings is 1. The highest BCUT2D eigenvalue weighted by Gasteiger charge is 2.25. The van der Waals surface area contributed by atoms with Crippen molar-refractivity contribution in [2.45, 2.75) is 38.1 Å². The molecule has 0 aromatic heterocycles. The summed E-state index contributed by atoms with van der Waals surface area (Å²) in [6.07, 6.45) is 0.583. The van der Waals surface area contributed by atoms with Crippen LogP contribution in [0.4, 0.5) is 0 Å². The fourth-order valence-electron chi connectivity index (χ4n) is 0.998. The van der Waals surface area contributed by atoms with Crippen molar-refractivity contribution >= 4 is 0 Å². The van der Waals surface area contributed by atoms with Gasteiger partial charge in [-0.1, -0.05) is 0 Å². The molecule has 0 amide bonds. The third-order valence-electron chi connectivity index (χ3n) is 1.55. The van der Waals surface area contributed by atoms with Gasteiger partial charge in [0.1, 0.15) is 0 Å². The minimum absolute atomic E-state index is 0.258. The van der Waals surface area contributed by atoms with Crippen LogP contribution in [0, 0.1) is 0 Å². The van der Waals surface area contributed by atoms with Crippen LogP contribution >= 0.6 is 0 Å². The maximum atomic E-state index is 9.19. The lowest BCUT2D eigenvalue weighted by Crippen LogP contribution is -2.16. The predicted octanol–water partition coefficient (Wildman–Crippen LogP) is -0.0929. The second kappa shape index (κ2) is 3.32. The Balaban J connectivity index is 2.02. The molecule has 1 aliphatic rings. The smallest absolute Gasteiger partial charge is 0.0834 e. The van der Waals surface area contributed by atoms with Gasteiger partial charge in [0.15, 0.2) is 0 Å². The first-order valence-corrected chi connectivity index (χ1v) is 3.66. The second-order valence-corrected chi connectivity index (χ2v) is 2.93. The molecule has 0 bridgehead atoms. The Hall–Kier alpha value is -0.120. The zero-order chi connectivity index (χ0) is 7.56. The largest absolute Gasteiger partial charge is 0.393 e. The lowest BCUT2D eigenvalue weighted by Gasteiger charge is -2.09. The number of rotatable bonds is 4. The Morgan fingerprint density at radius 3 is 2.60 bits per heavy atom. The molecule has 0 aliphatic carbocycles. The first kappa shape index (κ1) is 7.98. The van der Waals surface area contributed by atoms with Crippen LogP contribution in [0.1, 0.15) is 19.8 Å². The molecule has 0 radical (unpaired) electrons. The molecular weight excluding hydrogens is 132 g/mol. The molecule has 3 atom stereocenters. The van der Waals surface area contributed by atoms with Crippen LogP contribution in [-0.4, -0.2) is 35.1 Å². The summed E-state index contributed by atoms with van der Waals surface area (Å²) in [6, 6.07) is 0.